The third-order valence-electron chi connectivity index (χ3n) is 5.08. The number of carbonyl (C=O) groups is 1. The van der Waals surface area contributed by atoms with Gasteiger partial charge in [0.05, 0.1) is 25.4 Å². The first kappa shape index (κ1) is 19.1. The predicted octanol–water partition coefficient (Wildman–Crippen LogP) is 4.63. The van der Waals surface area contributed by atoms with Crippen molar-refractivity contribution in [3.8, 4) is 16.9 Å². The third kappa shape index (κ3) is 3.59. The molecule has 4 aromatic rings. The van der Waals surface area contributed by atoms with Crippen LogP contribution in [0, 0.1) is 13.8 Å². The Balaban J connectivity index is 1.75. The molecule has 0 N–H and O–H groups in total. The lowest BCUT2D eigenvalue weighted by atomic mass is 10.0. The molecule has 0 radical (unpaired) electrons. The van der Waals surface area contributed by atoms with Gasteiger partial charge in [-0.25, -0.2) is 4.98 Å². The Morgan fingerprint density at radius 3 is 2.72 bits per heavy atom. The minimum absolute atomic E-state index is 0.0723. The molecule has 6 heteroatoms. The normalized spacial score (nSPS) is 11.0. The maximum Gasteiger partial charge on any atom is 0.263 e. The Hall–Kier alpha value is -3.25. The van der Waals surface area contributed by atoms with Gasteiger partial charge in [0.1, 0.15) is 10.6 Å². The molecular formula is C23H20N2O3S. The van der Waals surface area contributed by atoms with Gasteiger partial charge in [-0.15, -0.1) is 11.3 Å². The first-order valence-electron chi connectivity index (χ1n) is 9.19. The van der Waals surface area contributed by atoms with E-state index in [9.17, 15) is 9.59 Å². The fourth-order valence-electron chi connectivity index (χ4n) is 3.24. The molecule has 0 saturated carbocycles. The number of rotatable bonds is 5. The van der Waals surface area contributed by atoms with Crippen molar-refractivity contribution in [1.29, 1.82) is 0 Å². The number of ether oxygens (including phenoxy) is 1. The number of aryl methyl sites for hydroxylation is 2. The van der Waals surface area contributed by atoms with Crippen LogP contribution in [-0.4, -0.2) is 22.4 Å². The van der Waals surface area contributed by atoms with Crippen LogP contribution in [0.15, 0.2) is 59.0 Å². The van der Waals surface area contributed by atoms with Crippen molar-refractivity contribution in [3.63, 3.8) is 0 Å². The maximum absolute atomic E-state index is 13.2. The van der Waals surface area contributed by atoms with E-state index in [-0.39, 0.29) is 17.9 Å². The van der Waals surface area contributed by atoms with Gasteiger partial charge in [-0.2, -0.15) is 0 Å². The minimum Gasteiger partial charge on any atom is -0.497 e. The van der Waals surface area contributed by atoms with Crippen molar-refractivity contribution < 1.29 is 9.53 Å². The number of hydrogen-bond acceptors (Lipinski definition) is 5. The van der Waals surface area contributed by atoms with Crippen LogP contribution < -0.4 is 10.3 Å². The highest BCUT2D eigenvalue weighted by Crippen LogP contribution is 2.31. The van der Waals surface area contributed by atoms with Gasteiger partial charge in [0, 0.05) is 16.5 Å². The standard InChI is InChI=1S/C23H20N2O3S/c1-14-7-8-16(9-15(14)2)19-12-29-22-21(19)23(27)25(13-24-22)11-20(26)17-5-4-6-18(10-17)28-3/h4-10,12-13H,11H2,1-3H3. The minimum atomic E-state index is -0.208. The number of benzene rings is 2. The van der Waals surface area contributed by atoms with E-state index >= 15 is 0 Å². The number of methoxy groups -OCH3 is 1. The van der Waals surface area contributed by atoms with E-state index in [1.807, 2.05) is 11.4 Å². The molecule has 0 fully saturated rings. The molecule has 2 heterocycles. The van der Waals surface area contributed by atoms with Gasteiger partial charge in [0.25, 0.3) is 5.56 Å². The zero-order chi connectivity index (χ0) is 20.5. The van der Waals surface area contributed by atoms with Crippen LogP contribution in [0.4, 0.5) is 0 Å². The van der Waals surface area contributed by atoms with E-state index in [0.29, 0.717) is 21.5 Å². The van der Waals surface area contributed by atoms with E-state index in [0.717, 1.165) is 11.1 Å². The van der Waals surface area contributed by atoms with Crippen molar-refractivity contribution in [2.75, 3.05) is 7.11 Å². The van der Waals surface area contributed by atoms with E-state index in [1.165, 1.54) is 33.4 Å². The second-order valence-electron chi connectivity index (χ2n) is 6.96. The fourth-order valence-corrected chi connectivity index (χ4v) is 4.15. The van der Waals surface area contributed by atoms with Crippen LogP contribution in [0.1, 0.15) is 21.5 Å². The van der Waals surface area contributed by atoms with Crippen LogP contribution in [0.3, 0.4) is 0 Å². The summed E-state index contributed by atoms with van der Waals surface area (Å²) in [4.78, 5) is 31.0. The van der Waals surface area contributed by atoms with Crippen molar-refractivity contribution in [2.24, 2.45) is 0 Å². The second kappa shape index (κ2) is 7.64. The highest BCUT2D eigenvalue weighted by atomic mass is 32.1. The van der Waals surface area contributed by atoms with Crippen molar-refractivity contribution in [3.05, 3.63) is 81.2 Å². The Morgan fingerprint density at radius 1 is 1.14 bits per heavy atom. The summed E-state index contributed by atoms with van der Waals surface area (Å²) in [5.41, 5.74) is 4.49. The zero-order valence-electron chi connectivity index (χ0n) is 16.4. The quantitative estimate of drug-likeness (QED) is 0.455. The van der Waals surface area contributed by atoms with Crippen LogP contribution >= 0.6 is 11.3 Å². The molecule has 0 atom stereocenters. The lowest BCUT2D eigenvalue weighted by molar-refractivity contribution is 0.0970. The van der Waals surface area contributed by atoms with E-state index in [2.05, 4.69) is 31.0 Å². The van der Waals surface area contributed by atoms with E-state index in [4.69, 9.17) is 4.74 Å². The Kier molecular flexibility index (Phi) is 5.03. The average molecular weight is 404 g/mol. The summed E-state index contributed by atoms with van der Waals surface area (Å²) in [6, 6.07) is 13.1. The van der Waals surface area contributed by atoms with Crippen LogP contribution in [0.2, 0.25) is 0 Å². The lowest BCUT2D eigenvalue weighted by Crippen LogP contribution is -2.24. The molecule has 2 aromatic heterocycles. The summed E-state index contributed by atoms with van der Waals surface area (Å²) >= 11 is 1.44. The second-order valence-corrected chi connectivity index (χ2v) is 7.82. The molecule has 29 heavy (non-hydrogen) atoms. The fraction of sp³-hybridized carbons (Fsp3) is 0.174. The highest BCUT2D eigenvalue weighted by Gasteiger charge is 2.16. The lowest BCUT2D eigenvalue weighted by Gasteiger charge is -2.08. The topological polar surface area (TPSA) is 61.2 Å². The van der Waals surface area contributed by atoms with Crippen LogP contribution in [0.25, 0.3) is 21.3 Å². The predicted molar refractivity (Wildman–Crippen MR) is 116 cm³/mol. The summed E-state index contributed by atoms with van der Waals surface area (Å²) in [5, 5.41) is 2.51. The van der Waals surface area contributed by atoms with Crippen molar-refractivity contribution in [2.45, 2.75) is 20.4 Å². The molecule has 2 aromatic carbocycles. The van der Waals surface area contributed by atoms with Gasteiger partial charge in [-0.05, 0) is 42.7 Å². The highest BCUT2D eigenvalue weighted by molar-refractivity contribution is 7.17. The molecule has 0 amide bonds. The number of thiophene rings is 1. The maximum atomic E-state index is 13.2. The number of aromatic nitrogens is 2. The number of ketones is 1. The molecule has 0 bridgehead atoms. The third-order valence-corrected chi connectivity index (χ3v) is 5.97. The summed E-state index contributed by atoms with van der Waals surface area (Å²) < 4.78 is 6.55. The van der Waals surface area contributed by atoms with Gasteiger partial charge >= 0.3 is 0 Å². The number of Topliss-reactive ketones (excluding diaryl/α,β-unsaturated/α-hetero) is 1. The van der Waals surface area contributed by atoms with Gasteiger partial charge < -0.3 is 4.74 Å². The van der Waals surface area contributed by atoms with Crippen molar-refractivity contribution >= 4 is 27.3 Å². The number of hydrogen-bond donors (Lipinski definition) is 0. The van der Waals surface area contributed by atoms with Gasteiger partial charge in [-0.3, -0.25) is 14.2 Å². The largest absolute Gasteiger partial charge is 0.497 e. The van der Waals surface area contributed by atoms with Crippen LogP contribution in [-0.2, 0) is 6.54 Å². The summed E-state index contributed by atoms with van der Waals surface area (Å²) in [6.07, 6.45) is 1.45. The number of fused-ring (bicyclic) bond motifs is 1. The Bertz CT molecular complexity index is 1290. The van der Waals surface area contributed by atoms with Gasteiger partial charge in [-0.1, -0.05) is 30.3 Å². The van der Waals surface area contributed by atoms with E-state index in [1.54, 1.807) is 31.4 Å². The Morgan fingerprint density at radius 2 is 1.97 bits per heavy atom. The molecule has 0 spiro atoms. The first-order valence-corrected chi connectivity index (χ1v) is 10.1. The molecule has 0 aliphatic rings. The zero-order valence-corrected chi connectivity index (χ0v) is 17.2. The Labute approximate surface area is 172 Å². The monoisotopic (exact) mass is 404 g/mol. The van der Waals surface area contributed by atoms with Gasteiger partial charge in [0.15, 0.2) is 5.78 Å². The molecule has 0 unspecified atom stereocenters. The summed E-state index contributed by atoms with van der Waals surface area (Å²) in [5.74, 6) is 0.432. The van der Waals surface area contributed by atoms with Gasteiger partial charge in [0.2, 0.25) is 0 Å². The number of nitrogens with zero attached hydrogens (tertiary/aromatic N) is 2. The molecule has 146 valence electrons. The summed E-state index contributed by atoms with van der Waals surface area (Å²) in [6.45, 7) is 4.04. The molecule has 4 rings (SSSR count). The number of carbonyl (C=O) groups excluding carboxylic acids is 1. The summed E-state index contributed by atoms with van der Waals surface area (Å²) in [7, 11) is 1.55. The smallest absolute Gasteiger partial charge is 0.263 e. The first-order chi connectivity index (χ1) is 14.0. The van der Waals surface area contributed by atoms with Crippen molar-refractivity contribution in [1.82, 2.24) is 9.55 Å². The van der Waals surface area contributed by atoms with Crippen LogP contribution in [0.5, 0.6) is 5.75 Å². The molecule has 5 nitrogen and oxygen atoms in total. The molecule has 0 aliphatic carbocycles. The molecular weight excluding hydrogens is 384 g/mol. The average Bonchev–Trinajstić information content (AvgIpc) is 3.17. The molecule has 0 aliphatic heterocycles. The van der Waals surface area contributed by atoms with E-state index < -0.39 is 0 Å². The molecule has 0 saturated heterocycles. The SMILES string of the molecule is COc1cccc(C(=O)Cn2cnc3scc(-c4ccc(C)c(C)c4)c3c2=O)c1.